The van der Waals surface area contributed by atoms with E-state index in [1.165, 1.54) is 6.07 Å². The van der Waals surface area contributed by atoms with Gasteiger partial charge in [-0.2, -0.15) is 13.2 Å². The summed E-state index contributed by atoms with van der Waals surface area (Å²) in [6, 6.07) is 2.91. The van der Waals surface area contributed by atoms with E-state index in [2.05, 4.69) is 0 Å². The molecule has 5 rings (SSSR count). The lowest BCUT2D eigenvalue weighted by molar-refractivity contribution is -0.143. The number of halogens is 3. The average molecular weight is 479 g/mol. The molecule has 1 unspecified atom stereocenters. The second-order valence-corrected chi connectivity index (χ2v) is 9.81. The number of benzene rings is 1. The van der Waals surface area contributed by atoms with Crippen LogP contribution >= 0.6 is 0 Å². The number of likely N-dealkylation sites (tertiary alicyclic amines) is 1. The van der Waals surface area contributed by atoms with Crippen molar-refractivity contribution in [2.45, 2.75) is 57.7 Å². The van der Waals surface area contributed by atoms with Gasteiger partial charge in [-0.05, 0) is 63.1 Å². The van der Waals surface area contributed by atoms with Gasteiger partial charge in [0.15, 0.2) is 5.76 Å². The van der Waals surface area contributed by atoms with Gasteiger partial charge < -0.3 is 19.0 Å². The molecule has 0 radical (unpaired) electrons. The molecule has 0 N–H and O–H groups in total. The predicted octanol–water partition coefficient (Wildman–Crippen LogP) is 4.74. The summed E-state index contributed by atoms with van der Waals surface area (Å²) in [5, 5.41) is 0.353. The molecule has 0 bridgehead atoms. The molecule has 1 saturated carbocycles. The standard InChI is InChI=1S/C25H29F3N2O4/c1-14-13-30(9-10-33-14)23(31)17-5-7-29(8-6-17)24(32)21-15(2)19-11-18(16-3-4-16)12-20(22(19)34-21)25(26,27)28/h11-12,14,16-17H,3-10,13H2,1-2H3. The number of piperidine rings is 1. The summed E-state index contributed by atoms with van der Waals surface area (Å²) < 4.78 is 52.4. The third-order valence-corrected chi connectivity index (χ3v) is 7.29. The van der Waals surface area contributed by atoms with Crippen LogP contribution in [-0.2, 0) is 15.7 Å². The fourth-order valence-corrected chi connectivity index (χ4v) is 5.16. The monoisotopic (exact) mass is 478 g/mol. The van der Waals surface area contributed by atoms with Gasteiger partial charge >= 0.3 is 6.18 Å². The first-order valence-corrected chi connectivity index (χ1v) is 12.0. The minimum absolute atomic E-state index is 0.0115. The van der Waals surface area contributed by atoms with Crippen molar-refractivity contribution in [3.05, 3.63) is 34.6 Å². The summed E-state index contributed by atoms with van der Waals surface area (Å²) in [6.45, 7) is 5.99. The Labute approximate surface area is 196 Å². The lowest BCUT2D eigenvalue weighted by Gasteiger charge is -2.37. The van der Waals surface area contributed by atoms with E-state index >= 15 is 0 Å². The Morgan fingerprint density at radius 3 is 2.35 bits per heavy atom. The maximum atomic E-state index is 13.8. The van der Waals surface area contributed by atoms with Gasteiger partial charge in [-0.15, -0.1) is 0 Å². The summed E-state index contributed by atoms with van der Waals surface area (Å²) in [5.41, 5.74) is -0.00432. The number of hydrogen-bond donors (Lipinski definition) is 0. The van der Waals surface area contributed by atoms with Crippen molar-refractivity contribution in [2.75, 3.05) is 32.8 Å². The lowest BCUT2D eigenvalue weighted by Crippen LogP contribution is -2.49. The maximum absolute atomic E-state index is 13.8. The zero-order valence-electron chi connectivity index (χ0n) is 19.4. The molecule has 3 aliphatic rings. The van der Waals surface area contributed by atoms with Gasteiger partial charge in [0.2, 0.25) is 5.91 Å². The molecule has 0 spiro atoms. The number of rotatable bonds is 3. The first-order chi connectivity index (χ1) is 16.1. The van der Waals surface area contributed by atoms with E-state index in [1.807, 2.05) is 11.8 Å². The van der Waals surface area contributed by atoms with E-state index in [4.69, 9.17) is 9.15 Å². The Hall–Kier alpha value is -2.55. The molecule has 9 heteroatoms. The number of furan rings is 1. The van der Waals surface area contributed by atoms with Crippen LogP contribution in [0.1, 0.15) is 65.8 Å². The van der Waals surface area contributed by atoms with Crippen LogP contribution < -0.4 is 0 Å². The second kappa shape index (κ2) is 8.59. The van der Waals surface area contributed by atoms with Crippen molar-refractivity contribution in [3.8, 4) is 0 Å². The van der Waals surface area contributed by atoms with Crippen LogP contribution in [0.2, 0.25) is 0 Å². The molecule has 2 amide bonds. The number of carbonyl (C=O) groups is 2. The molecule has 2 aromatic rings. The molecule has 3 fully saturated rings. The molecular weight excluding hydrogens is 449 g/mol. The summed E-state index contributed by atoms with van der Waals surface area (Å²) in [5.74, 6) is -0.389. The predicted molar refractivity (Wildman–Crippen MR) is 119 cm³/mol. The number of carbonyl (C=O) groups excluding carboxylic acids is 2. The van der Waals surface area contributed by atoms with Gasteiger partial charge in [0, 0.05) is 43.0 Å². The van der Waals surface area contributed by atoms with Crippen molar-refractivity contribution in [1.29, 1.82) is 0 Å². The number of nitrogens with zero attached hydrogens (tertiary/aromatic N) is 2. The van der Waals surface area contributed by atoms with Crippen LogP contribution in [-0.4, -0.2) is 60.5 Å². The van der Waals surface area contributed by atoms with E-state index in [1.54, 1.807) is 17.9 Å². The summed E-state index contributed by atoms with van der Waals surface area (Å²) in [7, 11) is 0. The van der Waals surface area contributed by atoms with Gasteiger partial charge in [0.05, 0.1) is 18.3 Å². The molecule has 1 aliphatic carbocycles. The fourth-order valence-electron chi connectivity index (χ4n) is 5.16. The quantitative estimate of drug-likeness (QED) is 0.640. The van der Waals surface area contributed by atoms with Crippen molar-refractivity contribution in [3.63, 3.8) is 0 Å². The van der Waals surface area contributed by atoms with Crippen LogP contribution in [0.3, 0.4) is 0 Å². The molecule has 6 nitrogen and oxygen atoms in total. The number of morpholine rings is 1. The first-order valence-electron chi connectivity index (χ1n) is 12.0. The maximum Gasteiger partial charge on any atom is 0.420 e. The summed E-state index contributed by atoms with van der Waals surface area (Å²) >= 11 is 0. The number of aryl methyl sites for hydroxylation is 1. The lowest BCUT2D eigenvalue weighted by atomic mass is 9.94. The highest BCUT2D eigenvalue weighted by Gasteiger charge is 2.39. The minimum Gasteiger partial charge on any atom is -0.450 e. The number of hydrogen-bond acceptors (Lipinski definition) is 4. The SMILES string of the molecule is Cc1c(C(=O)N2CCC(C(=O)N3CCOC(C)C3)CC2)oc2c(C(F)(F)F)cc(C3CC3)cc12. The molecule has 1 aromatic carbocycles. The van der Waals surface area contributed by atoms with Gasteiger partial charge in [-0.3, -0.25) is 9.59 Å². The fraction of sp³-hybridized carbons (Fsp3) is 0.600. The van der Waals surface area contributed by atoms with Crippen LogP contribution in [0, 0.1) is 12.8 Å². The van der Waals surface area contributed by atoms with E-state index in [0.717, 1.165) is 12.8 Å². The summed E-state index contributed by atoms with van der Waals surface area (Å²) in [6.07, 6.45) is -1.75. The largest absolute Gasteiger partial charge is 0.450 e. The van der Waals surface area contributed by atoms with Gasteiger partial charge in [0.1, 0.15) is 5.58 Å². The summed E-state index contributed by atoms with van der Waals surface area (Å²) in [4.78, 5) is 29.5. The second-order valence-electron chi connectivity index (χ2n) is 9.81. The Morgan fingerprint density at radius 1 is 1.03 bits per heavy atom. The van der Waals surface area contributed by atoms with Gasteiger partial charge in [-0.1, -0.05) is 0 Å². The number of ether oxygens (including phenoxy) is 1. The highest BCUT2D eigenvalue weighted by Crippen LogP contribution is 2.46. The Kier molecular flexibility index (Phi) is 5.86. The zero-order valence-corrected chi connectivity index (χ0v) is 19.4. The van der Waals surface area contributed by atoms with Crippen LogP contribution in [0.25, 0.3) is 11.0 Å². The topological polar surface area (TPSA) is 63.0 Å². The third kappa shape index (κ3) is 4.30. The van der Waals surface area contributed by atoms with Crippen LogP contribution in [0.4, 0.5) is 13.2 Å². The van der Waals surface area contributed by atoms with Crippen molar-refractivity contribution in [1.82, 2.24) is 9.80 Å². The molecule has 1 aromatic heterocycles. The van der Waals surface area contributed by atoms with E-state index in [9.17, 15) is 22.8 Å². The van der Waals surface area contributed by atoms with E-state index < -0.39 is 17.6 Å². The third-order valence-electron chi connectivity index (χ3n) is 7.29. The molecule has 2 aliphatic heterocycles. The molecular formula is C25H29F3N2O4. The van der Waals surface area contributed by atoms with Gasteiger partial charge in [0.25, 0.3) is 5.91 Å². The normalized spacial score (nSPS) is 22.4. The highest BCUT2D eigenvalue weighted by molar-refractivity contribution is 6.00. The molecule has 1 atom stereocenters. The Morgan fingerprint density at radius 2 is 1.74 bits per heavy atom. The molecule has 184 valence electrons. The number of amides is 2. The Bertz CT molecular complexity index is 1110. The smallest absolute Gasteiger partial charge is 0.420 e. The van der Waals surface area contributed by atoms with Crippen LogP contribution in [0.15, 0.2) is 16.5 Å². The number of alkyl halides is 3. The zero-order chi connectivity index (χ0) is 24.2. The minimum atomic E-state index is -4.57. The molecule has 2 saturated heterocycles. The first kappa shape index (κ1) is 23.2. The van der Waals surface area contributed by atoms with Crippen LogP contribution in [0.5, 0.6) is 0 Å². The highest BCUT2D eigenvalue weighted by atomic mass is 19.4. The van der Waals surface area contributed by atoms with E-state index in [-0.39, 0.29) is 35.2 Å². The van der Waals surface area contributed by atoms with Crippen molar-refractivity contribution >= 4 is 22.8 Å². The van der Waals surface area contributed by atoms with E-state index in [0.29, 0.717) is 62.1 Å². The average Bonchev–Trinajstić information content (AvgIpc) is 3.61. The molecule has 3 heterocycles. The van der Waals surface area contributed by atoms with Crippen molar-refractivity contribution < 1.29 is 31.9 Å². The number of fused-ring (bicyclic) bond motifs is 1. The molecule has 34 heavy (non-hydrogen) atoms. The van der Waals surface area contributed by atoms with Gasteiger partial charge in [-0.25, -0.2) is 0 Å². The Balaban J connectivity index is 1.34. The van der Waals surface area contributed by atoms with Crippen molar-refractivity contribution in [2.24, 2.45) is 5.92 Å².